The van der Waals surface area contributed by atoms with E-state index in [9.17, 15) is 0 Å². The maximum absolute atomic E-state index is 8.49. The van der Waals surface area contributed by atoms with E-state index in [0.717, 1.165) is 17.1 Å². The molecule has 5 nitrogen and oxygen atoms in total. The van der Waals surface area contributed by atoms with E-state index < -0.39 is 10.2 Å². The lowest BCUT2D eigenvalue weighted by molar-refractivity contribution is -2.00. The molecule has 25 heavy (non-hydrogen) atoms. The number of hydrogen-bond acceptors (Lipinski definition) is 5. The molecule has 0 bridgehead atoms. The van der Waals surface area contributed by atoms with Gasteiger partial charge in [0, 0.05) is 15.5 Å². The van der Waals surface area contributed by atoms with E-state index in [2.05, 4.69) is 42.5 Å². The minimum absolute atomic E-state index is 0.930. The van der Waals surface area contributed by atoms with Crippen molar-refractivity contribution < 1.29 is 33.3 Å². The number of halogens is 1. The highest BCUT2D eigenvalue weighted by molar-refractivity contribution is 7.26. The van der Waals surface area contributed by atoms with Crippen molar-refractivity contribution in [2.24, 2.45) is 0 Å². The molecule has 2 aromatic carbocycles. The van der Waals surface area contributed by atoms with Crippen LogP contribution in [-0.4, -0.2) is 0 Å². The lowest BCUT2D eigenvalue weighted by atomic mass is 10.1. The Labute approximate surface area is 149 Å². The van der Waals surface area contributed by atoms with Gasteiger partial charge in [-0.15, -0.1) is 21.6 Å². The van der Waals surface area contributed by atoms with Gasteiger partial charge in [0.05, 0.1) is 18.6 Å². The Balaban J connectivity index is 0.000000324. The summed E-state index contributed by atoms with van der Waals surface area (Å²) in [5.41, 5.74) is 1.12. The van der Waals surface area contributed by atoms with Crippen LogP contribution in [0.5, 0.6) is 0 Å². The molecule has 7 heteroatoms. The molecular weight excluding hydrogens is 364 g/mol. The molecule has 128 valence electrons. The van der Waals surface area contributed by atoms with Crippen LogP contribution in [0.15, 0.2) is 65.1 Å². The van der Waals surface area contributed by atoms with Gasteiger partial charge in [0.2, 0.25) is 0 Å². The van der Waals surface area contributed by atoms with Crippen LogP contribution in [0.2, 0.25) is 0 Å². The number of hydrogen-bond donors (Lipinski definition) is 0. The summed E-state index contributed by atoms with van der Waals surface area (Å²) in [7, 11) is -4.94. The molecule has 0 amide bonds. The lowest BCUT2D eigenvalue weighted by Gasteiger charge is -2.17. The standard InChI is InChI=1S/C18H13OS.ClHO4/c1-12-18-15(14-9-5-6-10-17(14)20-18)11-16(19-12)13-7-3-2-4-8-13;2-1(3,4)5/h2-11H,1H3;(H,2,3,4,5)/q+1;/p-1. The first-order valence-corrected chi connectivity index (χ1v) is 9.30. The SMILES string of the molecule is Cc1[o+]c(-c2ccccc2)cc2c1sc1ccccc12.[O-][Cl+3]([O-])([O-])[O-]. The van der Waals surface area contributed by atoms with Gasteiger partial charge in [-0.05, 0) is 18.2 Å². The molecule has 2 aromatic heterocycles. The zero-order valence-electron chi connectivity index (χ0n) is 13.1. The second-order valence-corrected chi connectivity index (χ2v) is 7.06. The Kier molecular flexibility index (Phi) is 5.01. The van der Waals surface area contributed by atoms with Crippen molar-refractivity contribution in [2.45, 2.75) is 6.92 Å². The molecule has 0 fully saturated rings. The van der Waals surface area contributed by atoms with Gasteiger partial charge in [-0.2, -0.15) is 0 Å². The maximum Gasteiger partial charge on any atom is 0.360 e. The summed E-state index contributed by atoms with van der Waals surface area (Å²) in [6, 6.07) is 21.0. The van der Waals surface area contributed by atoms with Crippen LogP contribution in [0.3, 0.4) is 0 Å². The molecule has 0 aliphatic carbocycles. The van der Waals surface area contributed by atoms with Crippen molar-refractivity contribution >= 4 is 31.5 Å². The van der Waals surface area contributed by atoms with Gasteiger partial charge >= 0.3 is 11.5 Å². The molecule has 0 aliphatic rings. The summed E-state index contributed by atoms with van der Waals surface area (Å²) >= 11 is 1.80. The van der Waals surface area contributed by atoms with Gasteiger partial charge in [-0.25, -0.2) is 23.1 Å². The Morgan fingerprint density at radius 3 is 2.12 bits per heavy atom. The van der Waals surface area contributed by atoms with Crippen molar-refractivity contribution in [3.63, 3.8) is 0 Å². The van der Waals surface area contributed by atoms with Crippen LogP contribution >= 0.6 is 11.3 Å². The van der Waals surface area contributed by atoms with Crippen LogP contribution in [0, 0.1) is 17.2 Å². The molecule has 0 aliphatic heterocycles. The monoisotopic (exact) mass is 376 g/mol. The normalized spacial score (nSPS) is 11.4. The van der Waals surface area contributed by atoms with E-state index >= 15 is 0 Å². The molecule has 0 atom stereocenters. The van der Waals surface area contributed by atoms with Crippen molar-refractivity contribution in [3.05, 3.63) is 66.4 Å². The second kappa shape index (κ2) is 7.05. The first kappa shape index (κ1) is 17.8. The average molecular weight is 377 g/mol. The van der Waals surface area contributed by atoms with Crippen molar-refractivity contribution in [3.8, 4) is 11.3 Å². The Morgan fingerprint density at radius 1 is 0.840 bits per heavy atom. The van der Waals surface area contributed by atoms with Gasteiger partial charge in [0.1, 0.15) is 4.70 Å². The fourth-order valence-corrected chi connectivity index (χ4v) is 3.71. The number of rotatable bonds is 1. The predicted octanol–water partition coefficient (Wildman–Crippen LogP) is 1.15. The minimum atomic E-state index is -4.94. The predicted molar refractivity (Wildman–Crippen MR) is 86.2 cm³/mol. The molecule has 0 radical (unpaired) electrons. The van der Waals surface area contributed by atoms with Gasteiger partial charge < -0.3 is 0 Å². The van der Waals surface area contributed by atoms with E-state index in [1.807, 2.05) is 25.1 Å². The molecule has 4 rings (SSSR count). The summed E-state index contributed by atoms with van der Waals surface area (Å²) in [4.78, 5) is 0. The molecular formula is C18H13ClO5S. The third-order valence-electron chi connectivity index (χ3n) is 3.55. The summed E-state index contributed by atoms with van der Waals surface area (Å²) in [6.07, 6.45) is 0. The molecule has 2 heterocycles. The maximum atomic E-state index is 8.49. The van der Waals surface area contributed by atoms with Crippen molar-refractivity contribution in [1.29, 1.82) is 0 Å². The highest BCUT2D eigenvalue weighted by atomic mass is 35.7. The molecule has 4 aromatic rings. The number of aryl methyl sites for hydroxylation is 1. The van der Waals surface area contributed by atoms with E-state index in [4.69, 9.17) is 23.1 Å². The summed E-state index contributed by atoms with van der Waals surface area (Å²) in [6.45, 7) is 2.05. The summed E-state index contributed by atoms with van der Waals surface area (Å²) in [5.74, 6) is 1.92. The fraction of sp³-hybridized carbons (Fsp3) is 0.0556. The van der Waals surface area contributed by atoms with Gasteiger partial charge in [-0.3, -0.25) is 0 Å². The van der Waals surface area contributed by atoms with Crippen molar-refractivity contribution in [2.75, 3.05) is 0 Å². The largest absolute Gasteiger partial charge is 0.360 e. The summed E-state index contributed by atoms with van der Waals surface area (Å²) < 4.78 is 42.5. The quantitative estimate of drug-likeness (QED) is 0.463. The number of benzene rings is 2. The smallest absolute Gasteiger partial charge is 0.222 e. The summed E-state index contributed by atoms with van der Waals surface area (Å²) in [5, 5.41) is 2.59. The number of fused-ring (bicyclic) bond motifs is 3. The zero-order chi connectivity index (χ0) is 18.0. The molecule has 0 unspecified atom stereocenters. The van der Waals surface area contributed by atoms with Crippen molar-refractivity contribution in [1.82, 2.24) is 0 Å². The molecule has 0 saturated carbocycles. The van der Waals surface area contributed by atoms with E-state index in [1.165, 1.54) is 20.2 Å². The topological polar surface area (TPSA) is 104 Å². The highest BCUT2D eigenvalue weighted by Crippen LogP contribution is 2.38. The van der Waals surface area contributed by atoms with Gasteiger partial charge in [0.25, 0.3) is 0 Å². The van der Waals surface area contributed by atoms with Crippen LogP contribution in [0.1, 0.15) is 5.76 Å². The van der Waals surface area contributed by atoms with E-state index in [-0.39, 0.29) is 0 Å². The first-order chi connectivity index (χ1) is 11.8. The molecule has 0 spiro atoms. The Morgan fingerprint density at radius 2 is 1.44 bits per heavy atom. The second-order valence-electron chi connectivity index (χ2n) is 5.25. The van der Waals surface area contributed by atoms with Gasteiger partial charge in [0.15, 0.2) is 0 Å². The first-order valence-electron chi connectivity index (χ1n) is 7.25. The number of thiophene rings is 1. The van der Waals surface area contributed by atoms with Crippen LogP contribution in [-0.2, 0) is 0 Å². The Hall–Kier alpha value is -2.06. The zero-order valence-corrected chi connectivity index (χ0v) is 14.7. The molecule has 0 N–H and O–H groups in total. The minimum Gasteiger partial charge on any atom is -0.222 e. The Bertz CT molecular complexity index is 1000. The van der Waals surface area contributed by atoms with E-state index in [0.29, 0.717) is 0 Å². The van der Waals surface area contributed by atoms with E-state index in [1.54, 1.807) is 11.3 Å². The van der Waals surface area contributed by atoms with Crippen LogP contribution < -0.4 is 18.6 Å². The highest BCUT2D eigenvalue weighted by Gasteiger charge is 2.20. The molecule has 0 saturated heterocycles. The third-order valence-corrected chi connectivity index (χ3v) is 4.84. The van der Waals surface area contributed by atoms with Crippen LogP contribution in [0.4, 0.5) is 0 Å². The lowest BCUT2D eigenvalue weighted by Crippen LogP contribution is -2.68. The third kappa shape index (κ3) is 4.32. The van der Waals surface area contributed by atoms with Crippen LogP contribution in [0.25, 0.3) is 31.5 Å². The van der Waals surface area contributed by atoms with Gasteiger partial charge in [-0.1, -0.05) is 36.4 Å². The fourth-order valence-electron chi connectivity index (χ4n) is 2.59. The average Bonchev–Trinajstić information content (AvgIpc) is 2.94.